The van der Waals surface area contributed by atoms with E-state index in [0.717, 1.165) is 65.9 Å². The van der Waals surface area contributed by atoms with Crippen LogP contribution in [0.25, 0.3) is 21.9 Å². The molecule has 0 spiro atoms. The van der Waals surface area contributed by atoms with Crippen molar-refractivity contribution < 1.29 is 28.1 Å². The van der Waals surface area contributed by atoms with Gasteiger partial charge in [-0.1, -0.05) is 18.2 Å². The molecule has 3 aromatic heterocycles. The first-order valence-corrected chi connectivity index (χ1v) is 16.6. The molecule has 0 N–H and O–H groups in total. The lowest BCUT2D eigenvalue weighted by Crippen LogP contribution is -2.35. The molecule has 0 aliphatic carbocycles. The fraction of sp³-hybridized carbons (Fsp3) is 0.444. The van der Waals surface area contributed by atoms with E-state index in [4.69, 9.17) is 28.9 Å². The van der Waals surface area contributed by atoms with Gasteiger partial charge >= 0.3 is 5.97 Å². The van der Waals surface area contributed by atoms with Crippen LogP contribution < -0.4 is 4.74 Å². The minimum absolute atomic E-state index is 0.00115. The van der Waals surface area contributed by atoms with Crippen LogP contribution in [0.2, 0.25) is 0 Å². The van der Waals surface area contributed by atoms with Crippen molar-refractivity contribution in [3.8, 4) is 5.88 Å². The first-order chi connectivity index (χ1) is 23.4. The van der Waals surface area contributed by atoms with E-state index in [1.165, 1.54) is 13.2 Å². The van der Waals surface area contributed by atoms with E-state index in [1.807, 2.05) is 34.5 Å². The molecule has 2 aromatic carbocycles. The van der Waals surface area contributed by atoms with Crippen LogP contribution in [-0.2, 0) is 40.5 Å². The normalized spacial score (nSPS) is 17.2. The number of hydrogen-bond acceptors (Lipinski definition) is 9. The molecule has 1 atom stereocenters. The van der Waals surface area contributed by atoms with Crippen LogP contribution in [-0.4, -0.2) is 81.8 Å². The zero-order valence-electron chi connectivity index (χ0n) is 27.7. The first-order valence-electron chi connectivity index (χ1n) is 16.6. The van der Waals surface area contributed by atoms with Crippen molar-refractivity contribution in [2.75, 3.05) is 40.5 Å². The fourth-order valence-electron chi connectivity index (χ4n) is 6.72. The fourth-order valence-corrected chi connectivity index (χ4v) is 6.72. The molecule has 0 saturated carbocycles. The molecule has 2 saturated heterocycles. The standard InChI is InChI=1S/C36H41FN6O5/c1-23-17-28(36(44)46-3)33(37)35-34(23)40-31(42(35)20-27-11-15-47-27)21-41-12-9-25(10-13-41)29-5-4-6-32(39-29)48-22-24-7-8-26-19-38-43(14-16-45-2)30(26)18-24/h4-8,17-19,25,27H,9-16,20-22H2,1-3H3/t27-/m0/s1. The van der Waals surface area contributed by atoms with Crippen LogP contribution in [0.4, 0.5) is 4.39 Å². The monoisotopic (exact) mass is 656 g/mol. The van der Waals surface area contributed by atoms with E-state index in [-0.39, 0.29) is 11.7 Å². The number of rotatable bonds is 12. The van der Waals surface area contributed by atoms with Crippen LogP contribution in [0.1, 0.15) is 58.2 Å². The zero-order valence-corrected chi connectivity index (χ0v) is 27.7. The van der Waals surface area contributed by atoms with E-state index >= 15 is 4.39 Å². The highest BCUT2D eigenvalue weighted by Gasteiger charge is 2.29. The Balaban J connectivity index is 1.02. The number of methoxy groups -OCH3 is 2. The van der Waals surface area contributed by atoms with Crippen molar-refractivity contribution in [3.63, 3.8) is 0 Å². The molecule has 2 aliphatic heterocycles. The van der Waals surface area contributed by atoms with E-state index in [1.54, 1.807) is 7.11 Å². The van der Waals surface area contributed by atoms with Gasteiger partial charge in [0.05, 0.1) is 62.2 Å². The molecule has 2 aliphatic rings. The topological polar surface area (TPSA) is 106 Å². The van der Waals surface area contributed by atoms with Crippen molar-refractivity contribution in [2.45, 2.75) is 64.4 Å². The smallest absolute Gasteiger partial charge is 0.340 e. The second-order valence-corrected chi connectivity index (χ2v) is 12.7. The number of carbonyl (C=O) groups excluding carboxylic acids is 1. The number of fused-ring (bicyclic) bond motifs is 2. The van der Waals surface area contributed by atoms with Gasteiger partial charge in [0.25, 0.3) is 0 Å². The zero-order chi connectivity index (χ0) is 33.2. The summed E-state index contributed by atoms with van der Waals surface area (Å²) < 4.78 is 41.6. The highest BCUT2D eigenvalue weighted by molar-refractivity contribution is 5.95. The quantitative estimate of drug-likeness (QED) is 0.163. The number of likely N-dealkylation sites (tertiary alicyclic amines) is 1. The van der Waals surface area contributed by atoms with Crippen LogP contribution in [0.5, 0.6) is 5.88 Å². The Morgan fingerprint density at radius 1 is 1.08 bits per heavy atom. The maximum Gasteiger partial charge on any atom is 0.340 e. The van der Waals surface area contributed by atoms with Crippen molar-refractivity contribution in [1.82, 2.24) is 29.2 Å². The number of nitrogens with zero attached hydrogens (tertiary/aromatic N) is 6. The van der Waals surface area contributed by atoms with Crippen LogP contribution in [0.3, 0.4) is 0 Å². The van der Waals surface area contributed by atoms with Crippen LogP contribution >= 0.6 is 0 Å². The average molecular weight is 657 g/mol. The maximum atomic E-state index is 15.8. The third kappa shape index (κ3) is 6.52. The van der Waals surface area contributed by atoms with Gasteiger partial charge in [-0.15, -0.1) is 0 Å². The summed E-state index contributed by atoms with van der Waals surface area (Å²) in [6.45, 7) is 7.03. The molecule has 0 bridgehead atoms. The second-order valence-electron chi connectivity index (χ2n) is 12.7. The maximum absolute atomic E-state index is 15.8. The van der Waals surface area contributed by atoms with Gasteiger partial charge in [0.1, 0.15) is 17.9 Å². The molecule has 48 heavy (non-hydrogen) atoms. The summed E-state index contributed by atoms with van der Waals surface area (Å²) in [5, 5.41) is 5.56. The summed E-state index contributed by atoms with van der Waals surface area (Å²) in [6, 6.07) is 13.8. The number of esters is 1. The summed E-state index contributed by atoms with van der Waals surface area (Å²) in [7, 11) is 2.95. The predicted octanol–water partition coefficient (Wildman–Crippen LogP) is 5.41. The van der Waals surface area contributed by atoms with Crippen molar-refractivity contribution in [2.24, 2.45) is 0 Å². The molecule has 2 fully saturated rings. The highest BCUT2D eigenvalue weighted by atomic mass is 19.1. The summed E-state index contributed by atoms with van der Waals surface area (Å²) in [6.07, 6.45) is 4.65. The average Bonchev–Trinajstić information content (AvgIpc) is 3.67. The lowest BCUT2D eigenvalue weighted by Gasteiger charge is -2.32. The van der Waals surface area contributed by atoms with E-state index in [0.29, 0.717) is 62.3 Å². The van der Waals surface area contributed by atoms with Crippen molar-refractivity contribution in [1.29, 1.82) is 0 Å². The van der Waals surface area contributed by atoms with Gasteiger partial charge in [-0.05, 0) is 68.6 Å². The van der Waals surface area contributed by atoms with E-state index in [2.05, 4.69) is 34.3 Å². The number of piperidine rings is 1. The number of imidazole rings is 1. The second kappa shape index (κ2) is 14.0. The Morgan fingerprint density at radius 2 is 1.92 bits per heavy atom. The third-order valence-corrected chi connectivity index (χ3v) is 9.53. The lowest BCUT2D eigenvalue weighted by molar-refractivity contribution is -0.0592. The molecule has 11 nitrogen and oxygen atoms in total. The summed E-state index contributed by atoms with van der Waals surface area (Å²) in [5.74, 6) is 0.401. The summed E-state index contributed by atoms with van der Waals surface area (Å²) in [4.78, 5) is 24.5. The molecule has 0 unspecified atom stereocenters. The number of hydrogen-bond donors (Lipinski definition) is 0. The van der Waals surface area contributed by atoms with Gasteiger partial charge in [0, 0.05) is 36.8 Å². The molecule has 5 aromatic rings. The number of aromatic nitrogens is 5. The minimum atomic E-state index is -0.694. The number of halogens is 1. The molecule has 0 amide bonds. The molecular weight excluding hydrogens is 615 g/mol. The molecule has 5 heterocycles. The van der Waals surface area contributed by atoms with Gasteiger partial charge in [-0.25, -0.2) is 19.2 Å². The van der Waals surface area contributed by atoms with Crippen LogP contribution in [0, 0.1) is 12.7 Å². The number of benzene rings is 2. The predicted molar refractivity (Wildman–Crippen MR) is 178 cm³/mol. The number of pyridine rings is 1. The summed E-state index contributed by atoms with van der Waals surface area (Å²) in [5.41, 5.74) is 4.71. The molecular formula is C36H41FN6O5. The van der Waals surface area contributed by atoms with E-state index < -0.39 is 11.8 Å². The Hall–Kier alpha value is -4.39. The Bertz CT molecular complexity index is 1930. The molecule has 0 radical (unpaired) electrons. The van der Waals surface area contributed by atoms with Crippen molar-refractivity contribution >= 4 is 27.9 Å². The number of aryl methyl sites for hydroxylation is 1. The largest absolute Gasteiger partial charge is 0.473 e. The van der Waals surface area contributed by atoms with Crippen LogP contribution in [0.15, 0.2) is 48.7 Å². The molecule has 252 valence electrons. The van der Waals surface area contributed by atoms with E-state index in [9.17, 15) is 4.79 Å². The molecule has 7 rings (SSSR count). The van der Waals surface area contributed by atoms with Gasteiger partial charge in [0.15, 0.2) is 5.82 Å². The third-order valence-electron chi connectivity index (χ3n) is 9.53. The minimum Gasteiger partial charge on any atom is -0.473 e. The SMILES string of the molecule is COCCn1ncc2ccc(COc3cccc(C4CCN(Cc5nc6c(C)cc(C(=O)OC)c(F)c6n5C[C@@H]5CCO5)CC4)n3)cc21. The van der Waals surface area contributed by atoms with Gasteiger partial charge in [-0.2, -0.15) is 5.10 Å². The summed E-state index contributed by atoms with van der Waals surface area (Å²) >= 11 is 0. The Morgan fingerprint density at radius 3 is 2.67 bits per heavy atom. The highest BCUT2D eigenvalue weighted by Crippen LogP contribution is 2.32. The van der Waals surface area contributed by atoms with Gasteiger partial charge < -0.3 is 23.5 Å². The lowest BCUT2D eigenvalue weighted by atomic mass is 9.93. The number of carbonyl (C=O) groups is 1. The number of ether oxygens (including phenoxy) is 4. The Kier molecular flexibility index (Phi) is 9.38. The van der Waals surface area contributed by atoms with Crippen molar-refractivity contribution in [3.05, 3.63) is 82.7 Å². The molecule has 12 heteroatoms. The Labute approximate surface area is 278 Å². The van der Waals surface area contributed by atoms with Gasteiger partial charge in [0.2, 0.25) is 5.88 Å². The first kappa shape index (κ1) is 32.2. The van der Waals surface area contributed by atoms with Gasteiger partial charge in [-0.3, -0.25) is 9.58 Å².